The molecular weight excluding hydrogens is 156 g/mol. The van der Waals surface area contributed by atoms with Gasteiger partial charge in [-0.2, -0.15) is 10.5 Å². The van der Waals surface area contributed by atoms with Gasteiger partial charge in [0.15, 0.2) is 5.78 Å². The van der Waals surface area contributed by atoms with E-state index in [9.17, 15) is 9.59 Å². The summed E-state index contributed by atoms with van der Waals surface area (Å²) >= 11 is 0. The predicted molar refractivity (Wildman–Crippen MR) is 37.4 cm³/mol. The van der Waals surface area contributed by atoms with Gasteiger partial charge >= 0.3 is 0 Å². The molecule has 0 saturated carbocycles. The SMILES string of the molecule is N#CC1=CC(=O)C=C(C#N)C1=O. The molecule has 12 heavy (non-hydrogen) atoms. The fourth-order valence-electron chi connectivity index (χ4n) is 0.768. The minimum absolute atomic E-state index is 0.279. The number of hydrogen-bond acceptors (Lipinski definition) is 4. The maximum atomic E-state index is 11.0. The highest BCUT2D eigenvalue weighted by molar-refractivity contribution is 6.23. The zero-order valence-corrected chi connectivity index (χ0v) is 5.87. The highest BCUT2D eigenvalue weighted by Crippen LogP contribution is 2.10. The van der Waals surface area contributed by atoms with Crippen LogP contribution in [0.2, 0.25) is 0 Å². The lowest BCUT2D eigenvalue weighted by Crippen LogP contribution is -2.11. The van der Waals surface area contributed by atoms with Crippen LogP contribution in [0, 0.1) is 22.7 Å². The molecule has 1 aliphatic rings. The predicted octanol–water partition coefficient (Wildman–Crippen LogP) is 0.0382. The van der Waals surface area contributed by atoms with Gasteiger partial charge in [0.1, 0.15) is 23.3 Å². The molecule has 0 heterocycles. The molecule has 0 bridgehead atoms. The van der Waals surface area contributed by atoms with Gasteiger partial charge in [0.2, 0.25) is 5.78 Å². The normalized spacial score (nSPS) is 15.8. The van der Waals surface area contributed by atoms with Crippen LogP contribution in [0.15, 0.2) is 23.3 Å². The van der Waals surface area contributed by atoms with E-state index in [4.69, 9.17) is 10.5 Å². The number of Topliss-reactive ketones (excluding diaryl/α,β-unsaturated/α-hetero) is 1. The van der Waals surface area contributed by atoms with Gasteiger partial charge in [0.25, 0.3) is 0 Å². The smallest absolute Gasteiger partial charge is 0.214 e. The fraction of sp³-hybridized carbons (Fsp3) is 0. The van der Waals surface area contributed by atoms with Crippen molar-refractivity contribution in [3.05, 3.63) is 23.3 Å². The molecule has 0 aromatic rings. The van der Waals surface area contributed by atoms with Crippen LogP contribution in [0.3, 0.4) is 0 Å². The quantitative estimate of drug-likeness (QED) is 0.466. The van der Waals surface area contributed by atoms with Crippen molar-refractivity contribution >= 4 is 11.6 Å². The summed E-state index contributed by atoms with van der Waals surface area (Å²) in [7, 11) is 0. The van der Waals surface area contributed by atoms with Crippen LogP contribution >= 0.6 is 0 Å². The average Bonchev–Trinajstić information content (AvgIpc) is 2.08. The van der Waals surface area contributed by atoms with E-state index in [0.717, 1.165) is 12.2 Å². The van der Waals surface area contributed by atoms with Crippen LogP contribution < -0.4 is 0 Å². The summed E-state index contributed by atoms with van der Waals surface area (Å²) in [6.07, 6.45) is 1.84. The van der Waals surface area contributed by atoms with Crippen molar-refractivity contribution in [2.45, 2.75) is 0 Å². The molecule has 1 aliphatic carbocycles. The molecule has 0 N–H and O–H groups in total. The first-order valence-electron chi connectivity index (χ1n) is 3.01. The Morgan fingerprint density at radius 1 is 1.00 bits per heavy atom. The summed E-state index contributed by atoms with van der Waals surface area (Å²) < 4.78 is 0. The molecule has 0 aliphatic heterocycles. The molecule has 0 amide bonds. The van der Waals surface area contributed by atoms with Crippen LogP contribution in [0.25, 0.3) is 0 Å². The van der Waals surface area contributed by atoms with E-state index in [1.807, 2.05) is 0 Å². The second-order valence-electron chi connectivity index (χ2n) is 2.07. The Labute approximate surface area is 68.0 Å². The van der Waals surface area contributed by atoms with Gasteiger partial charge in [-0.1, -0.05) is 0 Å². The van der Waals surface area contributed by atoms with Gasteiger partial charge in [-0.15, -0.1) is 0 Å². The Kier molecular flexibility index (Phi) is 1.85. The average molecular weight is 158 g/mol. The van der Waals surface area contributed by atoms with Gasteiger partial charge in [-0.3, -0.25) is 9.59 Å². The maximum Gasteiger partial charge on any atom is 0.214 e. The lowest BCUT2D eigenvalue weighted by Gasteiger charge is -1.99. The third kappa shape index (κ3) is 1.14. The molecular formula is C8H2N2O2. The van der Waals surface area contributed by atoms with Gasteiger partial charge in [-0.25, -0.2) is 0 Å². The number of allylic oxidation sites excluding steroid dienone is 4. The van der Waals surface area contributed by atoms with E-state index in [1.165, 1.54) is 0 Å². The molecule has 56 valence electrons. The summed E-state index contributed by atoms with van der Waals surface area (Å²) in [6, 6.07) is 3.09. The standard InChI is InChI=1S/C8H2N2O2/c9-3-5-1-7(11)2-6(4-10)8(5)12/h1-2H. The van der Waals surface area contributed by atoms with Crippen molar-refractivity contribution in [1.82, 2.24) is 0 Å². The highest BCUT2D eigenvalue weighted by atomic mass is 16.1. The Morgan fingerprint density at radius 3 is 1.75 bits per heavy atom. The molecule has 4 heteroatoms. The van der Waals surface area contributed by atoms with E-state index in [1.54, 1.807) is 12.1 Å². The molecule has 0 unspecified atom stereocenters. The first-order valence-corrected chi connectivity index (χ1v) is 3.01. The number of carbonyl (C=O) groups excluding carboxylic acids is 2. The Bertz CT molecular complexity index is 366. The lowest BCUT2D eigenvalue weighted by atomic mass is 9.98. The third-order valence-electron chi connectivity index (χ3n) is 1.30. The van der Waals surface area contributed by atoms with Gasteiger partial charge in [0.05, 0.1) is 0 Å². The van der Waals surface area contributed by atoms with E-state index >= 15 is 0 Å². The van der Waals surface area contributed by atoms with Crippen LogP contribution in [0.5, 0.6) is 0 Å². The number of hydrogen-bond donors (Lipinski definition) is 0. The number of rotatable bonds is 0. The lowest BCUT2D eigenvalue weighted by molar-refractivity contribution is -0.114. The number of carbonyl (C=O) groups is 2. The first-order chi connectivity index (χ1) is 5.69. The Hall–Kier alpha value is -2.20. The summed E-state index contributed by atoms with van der Waals surface area (Å²) in [6.45, 7) is 0. The molecule has 1 rings (SSSR count). The van der Waals surface area contributed by atoms with Crippen molar-refractivity contribution in [3.63, 3.8) is 0 Å². The van der Waals surface area contributed by atoms with Crippen molar-refractivity contribution in [1.29, 1.82) is 10.5 Å². The summed E-state index contributed by atoms with van der Waals surface area (Å²) in [5.74, 6) is -1.18. The summed E-state index contributed by atoms with van der Waals surface area (Å²) in [5, 5.41) is 16.7. The number of ketones is 2. The second kappa shape index (κ2) is 2.81. The number of nitriles is 2. The zero-order valence-electron chi connectivity index (χ0n) is 5.87. The van der Waals surface area contributed by atoms with Crippen molar-refractivity contribution < 1.29 is 9.59 Å². The minimum atomic E-state index is -0.681. The van der Waals surface area contributed by atoms with Crippen LogP contribution in [-0.4, -0.2) is 11.6 Å². The maximum absolute atomic E-state index is 11.0. The van der Waals surface area contributed by atoms with Crippen molar-refractivity contribution in [3.8, 4) is 12.1 Å². The molecule has 4 nitrogen and oxygen atoms in total. The van der Waals surface area contributed by atoms with E-state index in [-0.39, 0.29) is 11.1 Å². The molecule has 0 spiro atoms. The topological polar surface area (TPSA) is 81.7 Å². The molecule has 0 radical (unpaired) electrons. The third-order valence-corrected chi connectivity index (χ3v) is 1.30. The first kappa shape index (κ1) is 7.90. The Balaban J connectivity index is 3.19. The molecule has 0 aromatic heterocycles. The molecule has 0 saturated heterocycles. The minimum Gasteiger partial charge on any atom is -0.290 e. The van der Waals surface area contributed by atoms with Crippen LogP contribution in [-0.2, 0) is 9.59 Å². The van der Waals surface area contributed by atoms with E-state index in [2.05, 4.69) is 0 Å². The van der Waals surface area contributed by atoms with Gasteiger partial charge < -0.3 is 0 Å². The van der Waals surface area contributed by atoms with Crippen LogP contribution in [0.1, 0.15) is 0 Å². The van der Waals surface area contributed by atoms with E-state index in [0.29, 0.717) is 0 Å². The molecule has 0 aromatic carbocycles. The van der Waals surface area contributed by atoms with Crippen molar-refractivity contribution in [2.75, 3.05) is 0 Å². The monoisotopic (exact) mass is 158 g/mol. The summed E-state index contributed by atoms with van der Waals surface area (Å²) in [5.41, 5.74) is -0.557. The van der Waals surface area contributed by atoms with E-state index < -0.39 is 11.6 Å². The van der Waals surface area contributed by atoms with Gasteiger partial charge in [0, 0.05) is 12.2 Å². The largest absolute Gasteiger partial charge is 0.290 e. The highest BCUT2D eigenvalue weighted by Gasteiger charge is 2.20. The summed E-state index contributed by atoms with van der Waals surface area (Å²) in [4.78, 5) is 21.7. The molecule has 0 atom stereocenters. The Morgan fingerprint density at radius 2 is 1.42 bits per heavy atom. The van der Waals surface area contributed by atoms with Crippen LogP contribution in [0.4, 0.5) is 0 Å². The number of nitrogens with zero attached hydrogens (tertiary/aromatic N) is 2. The molecule has 0 fully saturated rings. The second-order valence-corrected chi connectivity index (χ2v) is 2.07. The fourth-order valence-corrected chi connectivity index (χ4v) is 0.768. The van der Waals surface area contributed by atoms with Crippen molar-refractivity contribution in [2.24, 2.45) is 0 Å². The zero-order chi connectivity index (χ0) is 9.14. The van der Waals surface area contributed by atoms with Gasteiger partial charge in [-0.05, 0) is 0 Å².